The zero-order valence-electron chi connectivity index (χ0n) is 14.9. The molecule has 1 rings (SSSR count). The highest BCUT2D eigenvalue weighted by Crippen LogP contribution is 2.27. The lowest BCUT2D eigenvalue weighted by molar-refractivity contribution is 0.336. The predicted molar refractivity (Wildman–Crippen MR) is 108 cm³/mol. The Kier molecular flexibility index (Phi) is 8.42. The summed E-state index contributed by atoms with van der Waals surface area (Å²) in [6.45, 7) is 6.16. The van der Waals surface area contributed by atoms with Crippen molar-refractivity contribution in [3.8, 4) is 0 Å². The molecule has 5 nitrogen and oxygen atoms in total. The van der Waals surface area contributed by atoms with Crippen LogP contribution in [0.4, 0.5) is 0 Å². The van der Waals surface area contributed by atoms with Crippen molar-refractivity contribution in [3.05, 3.63) is 42.0 Å². The fourth-order valence-corrected chi connectivity index (χ4v) is 3.25. The molecule has 0 heterocycles. The third-order valence-corrected chi connectivity index (χ3v) is 5.42. The molecule has 1 aromatic rings. The van der Waals surface area contributed by atoms with E-state index in [9.17, 15) is 8.42 Å². The smallest absolute Gasteiger partial charge is 0.265 e. The molecule has 9 heteroatoms. The van der Waals surface area contributed by atoms with E-state index in [1.165, 1.54) is 0 Å². The van der Waals surface area contributed by atoms with Crippen LogP contribution in [0.1, 0.15) is 25.8 Å². The molecule has 0 saturated heterocycles. The van der Waals surface area contributed by atoms with Crippen LogP contribution >= 0.6 is 34.8 Å². The summed E-state index contributed by atoms with van der Waals surface area (Å²) >= 11 is 16.5. The van der Waals surface area contributed by atoms with Crippen molar-refractivity contribution in [2.24, 2.45) is 5.41 Å². The summed E-state index contributed by atoms with van der Waals surface area (Å²) in [5.41, 5.74) is 0.691. The van der Waals surface area contributed by atoms with Crippen molar-refractivity contribution in [2.45, 2.75) is 35.9 Å². The van der Waals surface area contributed by atoms with Crippen LogP contribution < -0.4 is 4.72 Å². The number of rotatable bonds is 8. The second-order valence-corrected chi connectivity index (χ2v) is 10.7. The molecule has 0 aromatic heterocycles. The van der Waals surface area contributed by atoms with E-state index in [-0.39, 0.29) is 23.5 Å². The van der Waals surface area contributed by atoms with Gasteiger partial charge in [-0.1, -0.05) is 78.5 Å². The number of halogens is 3. The van der Waals surface area contributed by atoms with E-state index in [1.807, 2.05) is 26.8 Å². The van der Waals surface area contributed by atoms with Gasteiger partial charge in [-0.25, -0.2) is 13.1 Å². The standard InChI is InChI=1S/C17H23Cl3N2O3S/c1-13-6-8-14(9-7-13)26(23,24)22-12-16(2,3)10-4-5-11-25-15(21)17(18,19)20/h4-9,21-22H,10-12H2,1-3H3/b5-4+,21-15?. The molecule has 2 N–H and O–H groups in total. The zero-order valence-corrected chi connectivity index (χ0v) is 17.9. The van der Waals surface area contributed by atoms with E-state index >= 15 is 0 Å². The number of alkyl halides is 3. The molecule has 0 spiro atoms. The fourth-order valence-electron chi connectivity index (χ4n) is 1.85. The molecule has 0 aliphatic heterocycles. The van der Waals surface area contributed by atoms with Gasteiger partial charge < -0.3 is 4.74 Å². The number of aryl methyl sites for hydroxylation is 1. The normalized spacial score (nSPS) is 13.2. The molecule has 0 atom stereocenters. The Morgan fingerprint density at radius 1 is 1.19 bits per heavy atom. The average Bonchev–Trinajstić information content (AvgIpc) is 2.52. The van der Waals surface area contributed by atoms with Crippen LogP contribution in [0, 0.1) is 17.7 Å². The molecule has 0 radical (unpaired) electrons. The van der Waals surface area contributed by atoms with Crippen LogP contribution in [-0.2, 0) is 14.8 Å². The van der Waals surface area contributed by atoms with Crippen molar-refractivity contribution >= 4 is 50.7 Å². The number of hydrogen-bond donors (Lipinski definition) is 2. The van der Waals surface area contributed by atoms with Gasteiger partial charge in [-0.3, -0.25) is 5.41 Å². The Bertz CT molecular complexity index is 740. The SMILES string of the molecule is Cc1ccc(S(=O)(=O)NCC(C)(C)C/C=C/COC(=N)C(Cl)(Cl)Cl)cc1. The molecule has 0 saturated carbocycles. The van der Waals surface area contributed by atoms with E-state index in [4.69, 9.17) is 44.9 Å². The van der Waals surface area contributed by atoms with Crippen LogP contribution in [0.3, 0.4) is 0 Å². The summed E-state index contributed by atoms with van der Waals surface area (Å²) < 4.78 is 30.4. The first-order valence-corrected chi connectivity index (χ1v) is 10.5. The van der Waals surface area contributed by atoms with E-state index in [2.05, 4.69) is 4.72 Å². The van der Waals surface area contributed by atoms with E-state index in [0.717, 1.165) is 5.56 Å². The van der Waals surface area contributed by atoms with Crippen LogP contribution in [0.5, 0.6) is 0 Å². The van der Waals surface area contributed by atoms with Gasteiger partial charge in [0.05, 0.1) is 4.90 Å². The van der Waals surface area contributed by atoms with Gasteiger partial charge in [0.2, 0.25) is 15.9 Å². The maximum Gasteiger partial charge on any atom is 0.265 e. The van der Waals surface area contributed by atoms with E-state index < -0.39 is 19.7 Å². The van der Waals surface area contributed by atoms with Gasteiger partial charge >= 0.3 is 0 Å². The molecule has 0 aliphatic rings. The number of nitrogens with one attached hydrogen (secondary N) is 2. The maximum absolute atomic E-state index is 12.3. The van der Waals surface area contributed by atoms with Gasteiger partial charge in [-0.15, -0.1) is 0 Å². The van der Waals surface area contributed by atoms with Crippen LogP contribution in [0.25, 0.3) is 0 Å². The minimum atomic E-state index is -3.54. The first-order chi connectivity index (χ1) is 11.8. The lowest BCUT2D eigenvalue weighted by Crippen LogP contribution is -2.33. The van der Waals surface area contributed by atoms with Gasteiger partial charge in [-0.2, -0.15) is 0 Å². The van der Waals surface area contributed by atoms with E-state index in [1.54, 1.807) is 30.3 Å². The third kappa shape index (κ3) is 8.27. The van der Waals surface area contributed by atoms with Crippen LogP contribution in [0.15, 0.2) is 41.3 Å². The zero-order chi connectivity index (χ0) is 20.0. The van der Waals surface area contributed by atoms with Gasteiger partial charge in [0.15, 0.2) is 0 Å². The number of benzene rings is 1. The average molecular weight is 442 g/mol. The Hall–Kier alpha value is -0.790. The second kappa shape index (κ2) is 9.42. The van der Waals surface area contributed by atoms with Gasteiger partial charge in [-0.05, 0) is 30.9 Å². The Morgan fingerprint density at radius 2 is 1.77 bits per heavy atom. The van der Waals surface area contributed by atoms with Crippen molar-refractivity contribution in [3.63, 3.8) is 0 Å². The first-order valence-electron chi connectivity index (χ1n) is 7.83. The molecule has 1 aromatic carbocycles. The molecule has 0 amide bonds. The van der Waals surface area contributed by atoms with Gasteiger partial charge in [0.1, 0.15) is 6.61 Å². The van der Waals surface area contributed by atoms with Crippen molar-refractivity contribution in [1.82, 2.24) is 4.72 Å². The van der Waals surface area contributed by atoms with Crippen molar-refractivity contribution in [2.75, 3.05) is 13.2 Å². The Labute approximate surface area is 170 Å². The summed E-state index contributed by atoms with van der Waals surface area (Å²) in [5.74, 6) is -0.447. The number of allylic oxidation sites excluding steroid dienone is 1. The third-order valence-electron chi connectivity index (χ3n) is 3.49. The highest BCUT2D eigenvalue weighted by molar-refractivity contribution is 7.89. The number of ether oxygens (including phenoxy) is 1. The molecule has 0 aliphatic carbocycles. The Balaban J connectivity index is 2.49. The van der Waals surface area contributed by atoms with Crippen molar-refractivity contribution in [1.29, 1.82) is 5.41 Å². The Morgan fingerprint density at radius 3 is 2.31 bits per heavy atom. The second-order valence-electron chi connectivity index (χ2n) is 6.62. The number of sulfonamides is 1. The minimum absolute atomic E-state index is 0.0952. The molecule has 146 valence electrons. The number of hydrogen-bond acceptors (Lipinski definition) is 4. The summed E-state index contributed by atoms with van der Waals surface area (Å²) in [4.78, 5) is 0.244. The quantitative estimate of drug-likeness (QED) is 0.267. The molecule has 26 heavy (non-hydrogen) atoms. The topological polar surface area (TPSA) is 79.2 Å². The van der Waals surface area contributed by atoms with E-state index in [0.29, 0.717) is 6.42 Å². The maximum atomic E-state index is 12.3. The lowest BCUT2D eigenvalue weighted by atomic mass is 9.89. The summed E-state index contributed by atoms with van der Waals surface area (Å²) in [7, 11) is -3.54. The highest BCUT2D eigenvalue weighted by Gasteiger charge is 2.28. The van der Waals surface area contributed by atoms with Gasteiger partial charge in [0, 0.05) is 6.54 Å². The molecular formula is C17H23Cl3N2O3S. The molecular weight excluding hydrogens is 419 g/mol. The lowest BCUT2D eigenvalue weighted by Gasteiger charge is -2.23. The monoisotopic (exact) mass is 440 g/mol. The first kappa shape index (κ1) is 23.2. The molecule has 0 unspecified atom stereocenters. The molecule has 0 fully saturated rings. The summed E-state index contributed by atoms with van der Waals surface area (Å²) in [6, 6.07) is 6.69. The van der Waals surface area contributed by atoms with Crippen LogP contribution in [0.2, 0.25) is 0 Å². The van der Waals surface area contributed by atoms with Gasteiger partial charge in [0.25, 0.3) is 3.79 Å². The largest absolute Gasteiger partial charge is 0.474 e. The summed E-state index contributed by atoms with van der Waals surface area (Å²) in [5, 5.41) is 7.40. The molecule has 0 bridgehead atoms. The van der Waals surface area contributed by atoms with Crippen LogP contribution in [-0.4, -0.2) is 31.3 Å². The highest BCUT2D eigenvalue weighted by atomic mass is 35.6. The van der Waals surface area contributed by atoms with Crippen molar-refractivity contribution < 1.29 is 13.2 Å². The summed E-state index contributed by atoms with van der Waals surface area (Å²) in [6.07, 6.45) is 4.14. The fraction of sp³-hybridized carbons (Fsp3) is 0.471. The minimum Gasteiger partial charge on any atom is -0.474 e. The predicted octanol–water partition coefficient (Wildman–Crippen LogP) is 4.61.